The molecule has 382 valence electrons. The molecule has 0 aliphatic rings. The molecule has 0 heterocycles. The van der Waals surface area contributed by atoms with Gasteiger partial charge in [0.15, 0.2) is 12.1 Å². The molecule has 0 aromatic carbocycles. The van der Waals surface area contributed by atoms with E-state index in [1.54, 1.807) is 0 Å². The number of hydrogen-bond donors (Lipinski definition) is 1. The van der Waals surface area contributed by atoms with E-state index in [1.807, 2.05) is 21.1 Å². The average molecular weight is 919 g/mol. The van der Waals surface area contributed by atoms with E-state index in [9.17, 15) is 19.5 Å². The fourth-order valence-corrected chi connectivity index (χ4v) is 8.50. The third-order valence-electron chi connectivity index (χ3n) is 12.8. The summed E-state index contributed by atoms with van der Waals surface area (Å²) in [7, 11) is 5.55. The first-order valence-corrected chi connectivity index (χ1v) is 27.9. The van der Waals surface area contributed by atoms with Crippen LogP contribution in [-0.4, -0.2) is 80.6 Å². The Balaban J connectivity index is 4.17. The highest BCUT2D eigenvalue weighted by Gasteiger charge is 2.31. The molecule has 2 unspecified atom stereocenters. The van der Waals surface area contributed by atoms with Crippen LogP contribution < -0.4 is 0 Å². The Morgan fingerprint density at radius 3 is 1.11 bits per heavy atom. The first-order chi connectivity index (χ1) is 31.6. The van der Waals surface area contributed by atoms with E-state index < -0.39 is 18.1 Å². The number of unbranched alkanes of at least 4 members (excludes halogenated alkanes) is 33. The van der Waals surface area contributed by atoms with Crippen LogP contribution in [0.25, 0.3) is 0 Å². The summed E-state index contributed by atoms with van der Waals surface area (Å²) in [6.07, 6.45) is 56.6. The van der Waals surface area contributed by atoms with Gasteiger partial charge in [-0.3, -0.25) is 9.59 Å². The average Bonchev–Trinajstić information content (AvgIpc) is 3.27. The van der Waals surface area contributed by atoms with Crippen molar-refractivity contribution in [1.82, 2.24) is 0 Å². The van der Waals surface area contributed by atoms with Crippen molar-refractivity contribution in [3.05, 3.63) is 24.3 Å². The maximum Gasteiger partial charge on any atom is 0.362 e. The highest BCUT2D eigenvalue weighted by atomic mass is 16.6. The van der Waals surface area contributed by atoms with E-state index >= 15 is 0 Å². The lowest BCUT2D eigenvalue weighted by Crippen LogP contribution is -2.50. The smallest absolute Gasteiger partial charge is 0.362 e. The van der Waals surface area contributed by atoms with Crippen molar-refractivity contribution < 1.29 is 38.2 Å². The predicted molar refractivity (Wildman–Crippen MR) is 275 cm³/mol. The summed E-state index contributed by atoms with van der Waals surface area (Å²) in [6.45, 7) is 4.78. The van der Waals surface area contributed by atoms with Gasteiger partial charge in [-0.2, -0.15) is 0 Å². The zero-order chi connectivity index (χ0) is 47.7. The van der Waals surface area contributed by atoms with E-state index in [4.69, 9.17) is 14.2 Å². The molecule has 2 atom stereocenters. The van der Waals surface area contributed by atoms with Gasteiger partial charge in [-0.05, 0) is 64.2 Å². The number of hydrogen-bond acceptors (Lipinski definition) is 6. The number of carbonyl (C=O) groups excluding carboxylic acids is 2. The SMILES string of the molecule is CCCCCCCCC/C=C\CCCCCCCCCC(=O)OCC(COCCC(C(=O)O)[N+](C)(C)C)OC(=O)CCCCCCCCCCCCC/C=C\CCCCCCCCCC. The minimum Gasteiger partial charge on any atom is -0.477 e. The van der Waals surface area contributed by atoms with E-state index in [0.29, 0.717) is 19.3 Å². The van der Waals surface area contributed by atoms with Crippen LogP contribution in [0.5, 0.6) is 0 Å². The minimum atomic E-state index is -0.872. The van der Waals surface area contributed by atoms with Crippen LogP contribution in [-0.2, 0) is 28.6 Å². The van der Waals surface area contributed by atoms with Crippen LogP contribution in [0, 0.1) is 0 Å². The van der Waals surface area contributed by atoms with Crippen LogP contribution >= 0.6 is 0 Å². The molecule has 1 N–H and O–H groups in total. The molecule has 0 aromatic rings. The standard InChI is InChI=1S/C57H107NO7/c1-6-8-10-12-14-16-18-20-22-24-26-27-28-29-30-32-34-36-38-40-42-44-46-48-56(60)65-53(51-63-50-49-54(57(61)62)58(3,4)5)52-64-55(59)47-45-43-41-39-37-35-33-31-25-23-21-19-17-15-13-11-9-7-2/h23-26,53-54H,6-22,27-52H2,1-5H3/p+1/b25-23-,26-24-. The van der Waals surface area contributed by atoms with Crippen molar-refractivity contribution in [3.8, 4) is 0 Å². The van der Waals surface area contributed by atoms with E-state index in [2.05, 4.69) is 38.2 Å². The van der Waals surface area contributed by atoms with Gasteiger partial charge in [-0.25, -0.2) is 4.79 Å². The Bertz CT molecular complexity index is 1120. The summed E-state index contributed by atoms with van der Waals surface area (Å²) in [4.78, 5) is 37.2. The second-order valence-corrected chi connectivity index (χ2v) is 20.2. The number of carbonyl (C=O) groups is 3. The number of carboxylic acids is 1. The number of ether oxygens (including phenoxy) is 3. The number of nitrogens with zero attached hydrogens (tertiary/aromatic N) is 1. The molecule has 0 aliphatic heterocycles. The number of quaternary nitrogens is 1. The van der Waals surface area contributed by atoms with Crippen LogP contribution in [0.2, 0.25) is 0 Å². The summed E-state index contributed by atoms with van der Waals surface area (Å²) in [5, 5.41) is 9.67. The van der Waals surface area contributed by atoms with Gasteiger partial charge in [-0.1, -0.05) is 212 Å². The maximum absolute atomic E-state index is 12.8. The topological polar surface area (TPSA) is 99.1 Å². The highest BCUT2D eigenvalue weighted by molar-refractivity contribution is 5.72. The van der Waals surface area contributed by atoms with Gasteiger partial charge < -0.3 is 23.8 Å². The summed E-state index contributed by atoms with van der Waals surface area (Å²) < 4.78 is 17.4. The quantitative estimate of drug-likeness (QED) is 0.0281. The lowest BCUT2D eigenvalue weighted by molar-refractivity contribution is -0.887. The molecule has 0 aromatic heterocycles. The fourth-order valence-electron chi connectivity index (χ4n) is 8.50. The second kappa shape index (κ2) is 48.3. The number of rotatable bonds is 51. The number of aliphatic carboxylic acids is 1. The van der Waals surface area contributed by atoms with Crippen molar-refractivity contribution in [2.24, 2.45) is 0 Å². The summed E-state index contributed by atoms with van der Waals surface area (Å²) in [5.74, 6) is -1.45. The van der Waals surface area contributed by atoms with Crippen molar-refractivity contribution in [3.63, 3.8) is 0 Å². The van der Waals surface area contributed by atoms with Crippen molar-refractivity contribution in [1.29, 1.82) is 0 Å². The van der Waals surface area contributed by atoms with Gasteiger partial charge in [0, 0.05) is 19.3 Å². The van der Waals surface area contributed by atoms with E-state index in [1.165, 1.54) is 199 Å². The molecule has 0 saturated heterocycles. The number of allylic oxidation sites excluding steroid dienone is 4. The first kappa shape index (κ1) is 62.8. The molecule has 0 bridgehead atoms. The van der Waals surface area contributed by atoms with E-state index in [-0.39, 0.29) is 36.2 Å². The molecule has 0 fully saturated rings. The lowest BCUT2D eigenvalue weighted by atomic mass is 10.0. The van der Waals surface area contributed by atoms with Crippen LogP contribution in [0.15, 0.2) is 24.3 Å². The van der Waals surface area contributed by atoms with Gasteiger partial charge >= 0.3 is 17.9 Å². The molecule has 0 spiro atoms. The largest absolute Gasteiger partial charge is 0.477 e. The Morgan fingerprint density at radius 2 is 0.769 bits per heavy atom. The summed E-state index contributed by atoms with van der Waals surface area (Å²) in [5.41, 5.74) is 0. The Kier molecular flexibility index (Phi) is 46.6. The monoisotopic (exact) mass is 919 g/mol. The number of esters is 2. The molecule has 0 rings (SSSR count). The predicted octanol–water partition coefficient (Wildman–Crippen LogP) is 16.4. The molecular weight excluding hydrogens is 811 g/mol. The third kappa shape index (κ3) is 46.7. The molecule has 8 nitrogen and oxygen atoms in total. The third-order valence-corrected chi connectivity index (χ3v) is 12.8. The fraction of sp³-hybridized carbons (Fsp3) is 0.877. The minimum absolute atomic E-state index is 0.0494. The Labute approximate surface area is 402 Å². The van der Waals surface area contributed by atoms with Gasteiger partial charge in [0.1, 0.15) is 6.61 Å². The molecule has 8 heteroatoms. The van der Waals surface area contributed by atoms with Crippen molar-refractivity contribution in [2.75, 3.05) is 41.0 Å². The Morgan fingerprint density at radius 1 is 0.446 bits per heavy atom. The second-order valence-electron chi connectivity index (χ2n) is 20.2. The van der Waals surface area contributed by atoms with Crippen molar-refractivity contribution >= 4 is 17.9 Å². The summed E-state index contributed by atoms with van der Waals surface area (Å²) in [6, 6.07) is -0.614. The van der Waals surface area contributed by atoms with Crippen LogP contribution in [0.3, 0.4) is 0 Å². The molecular formula is C57H108NO7+. The maximum atomic E-state index is 12.8. The number of likely N-dealkylation sites (N-methyl/N-ethyl adjacent to an activating group) is 1. The molecule has 0 radical (unpaired) electrons. The zero-order valence-corrected chi connectivity index (χ0v) is 43.7. The highest BCUT2D eigenvalue weighted by Crippen LogP contribution is 2.16. The zero-order valence-electron chi connectivity index (χ0n) is 43.7. The Hall–Kier alpha value is -2.19. The van der Waals surface area contributed by atoms with Gasteiger partial charge in [-0.15, -0.1) is 0 Å². The lowest BCUT2D eigenvalue weighted by Gasteiger charge is -2.31. The molecule has 0 aliphatic carbocycles. The number of carboxylic acid groups (broad SMARTS) is 1. The van der Waals surface area contributed by atoms with E-state index in [0.717, 1.165) is 38.5 Å². The van der Waals surface area contributed by atoms with Crippen LogP contribution in [0.4, 0.5) is 0 Å². The molecule has 65 heavy (non-hydrogen) atoms. The summed E-state index contributed by atoms with van der Waals surface area (Å²) >= 11 is 0. The molecule has 0 amide bonds. The van der Waals surface area contributed by atoms with Gasteiger partial charge in [0.05, 0.1) is 34.4 Å². The van der Waals surface area contributed by atoms with Crippen LogP contribution in [0.1, 0.15) is 271 Å². The van der Waals surface area contributed by atoms with Gasteiger partial charge in [0.2, 0.25) is 0 Å². The first-order valence-electron chi connectivity index (χ1n) is 27.9. The molecule has 0 saturated carbocycles. The van der Waals surface area contributed by atoms with Gasteiger partial charge in [0.25, 0.3) is 0 Å². The normalized spacial score (nSPS) is 12.9. The van der Waals surface area contributed by atoms with Crippen molar-refractivity contribution in [2.45, 2.75) is 283 Å².